The zero-order chi connectivity index (χ0) is 10.2. The van der Waals surface area contributed by atoms with E-state index >= 15 is 0 Å². The van der Waals surface area contributed by atoms with Gasteiger partial charge in [0.1, 0.15) is 12.1 Å². The molecule has 1 heterocycles. The first kappa shape index (κ1) is 9.30. The zero-order valence-electron chi connectivity index (χ0n) is 7.86. The number of hydrogen-bond acceptors (Lipinski definition) is 3. The summed E-state index contributed by atoms with van der Waals surface area (Å²) in [5, 5.41) is 8.57. The van der Waals surface area contributed by atoms with Gasteiger partial charge in [0.2, 0.25) is 0 Å². The van der Waals surface area contributed by atoms with Crippen LogP contribution in [0.2, 0.25) is 0 Å². The Morgan fingerprint density at radius 1 is 1.50 bits per heavy atom. The highest BCUT2D eigenvalue weighted by Gasteiger charge is 2.47. The SMILES string of the molecule is O=C(O)CN1CC2(CCCC2)OC1=O. The third-order valence-corrected chi connectivity index (χ3v) is 2.88. The van der Waals surface area contributed by atoms with Crippen molar-refractivity contribution < 1.29 is 19.4 Å². The number of ether oxygens (including phenoxy) is 1. The normalized spacial score (nSPS) is 24.3. The van der Waals surface area contributed by atoms with Crippen molar-refractivity contribution in [3.8, 4) is 0 Å². The molecule has 2 fully saturated rings. The van der Waals surface area contributed by atoms with E-state index < -0.39 is 12.1 Å². The first-order chi connectivity index (χ1) is 6.61. The number of carboxylic acid groups (broad SMARTS) is 1. The summed E-state index contributed by atoms with van der Waals surface area (Å²) in [6.07, 6.45) is 3.39. The van der Waals surface area contributed by atoms with E-state index in [1.807, 2.05) is 0 Å². The fourth-order valence-electron chi connectivity index (χ4n) is 2.26. The van der Waals surface area contributed by atoms with E-state index in [9.17, 15) is 9.59 Å². The Hall–Kier alpha value is -1.26. The molecule has 1 amide bonds. The van der Waals surface area contributed by atoms with Crippen LogP contribution in [0.5, 0.6) is 0 Å². The van der Waals surface area contributed by atoms with Crippen molar-refractivity contribution in [2.24, 2.45) is 0 Å². The second-order valence-electron chi connectivity index (χ2n) is 4.01. The summed E-state index contributed by atoms with van der Waals surface area (Å²) < 4.78 is 5.25. The average molecular weight is 199 g/mol. The Morgan fingerprint density at radius 3 is 2.71 bits per heavy atom. The standard InChI is InChI=1S/C9H13NO4/c11-7(12)5-10-6-9(14-8(10)13)3-1-2-4-9/h1-6H2,(H,11,12). The second-order valence-corrected chi connectivity index (χ2v) is 4.01. The lowest BCUT2D eigenvalue weighted by molar-refractivity contribution is -0.137. The molecule has 1 saturated carbocycles. The van der Waals surface area contributed by atoms with Crippen molar-refractivity contribution in [1.82, 2.24) is 4.90 Å². The third-order valence-electron chi connectivity index (χ3n) is 2.88. The molecule has 2 aliphatic rings. The Morgan fingerprint density at radius 2 is 2.14 bits per heavy atom. The fraction of sp³-hybridized carbons (Fsp3) is 0.778. The molecule has 1 aliphatic carbocycles. The highest BCUT2D eigenvalue weighted by molar-refractivity contribution is 5.78. The number of amides is 1. The van der Waals surface area contributed by atoms with Gasteiger partial charge in [-0.05, 0) is 25.7 Å². The van der Waals surface area contributed by atoms with Crippen LogP contribution in [0.4, 0.5) is 4.79 Å². The smallest absolute Gasteiger partial charge is 0.411 e. The summed E-state index contributed by atoms with van der Waals surface area (Å²) >= 11 is 0. The van der Waals surface area contributed by atoms with Gasteiger partial charge >= 0.3 is 12.1 Å². The van der Waals surface area contributed by atoms with Gasteiger partial charge in [-0.3, -0.25) is 9.69 Å². The number of aliphatic carboxylic acids is 1. The van der Waals surface area contributed by atoms with Gasteiger partial charge < -0.3 is 9.84 Å². The Bertz CT molecular complexity index is 270. The molecule has 0 unspecified atom stereocenters. The molecule has 2 rings (SSSR count). The largest absolute Gasteiger partial charge is 0.480 e. The van der Waals surface area contributed by atoms with Crippen LogP contribution >= 0.6 is 0 Å². The molecule has 0 atom stereocenters. The summed E-state index contributed by atoms with van der Waals surface area (Å²) in [6, 6.07) is 0. The van der Waals surface area contributed by atoms with Crippen molar-refractivity contribution in [2.45, 2.75) is 31.3 Å². The lowest BCUT2D eigenvalue weighted by Gasteiger charge is -2.19. The van der Waals surface area contributed by atoms with Crippen LogP contribution in [0.25, 0.3) is 0 Å². The van der Waals surface area contributed by atoms with Crippen LogP contribution < -0.4 is 0 Å². The third kappa shape index (κ3) is 1.54. The van der Waals surface area contributed by atoms with Crippen LogP contribution in [0.3, 0.4) is 0 Å². The van der Waals surface area contributed by atoms with Crippen LogP contribution in [0.15, 0.2) is 0 Å². The monoisotopic (exact) mass is 199 g/mol. The maximum Gasteiger partial charge on any atom is 0.411 e. The van der Waals surface area contributed by atoms with Gasteiger partial charge in [0.05, 0.1) is 6.54 Å². The Kier molecular flexibility index (Phi) is 2.09. The quantitative estimate of drug-likeness (QED) is 0.715. The van der Waals surface area contributed by atoms with E-state index in [-0.39, 0.29) is 12.1 Å². The minimum absolute atomic E-state index is 0.249. The van der Waals surface area contributed by atoms with Gasteiger partial charge in [0, 0.05) is 0 Å². The van der Waals surface area contributed by atoms with E-state index in [2.05, 4.69) is 0 Å². The van der Waals surface area contributed by atoms with Crippen LogP contribution in [-0.2, 0) is 9.53 Å². The van der Waals surface area contributed by atoms with Crippen molar-refractivity contribution in [3.63, 3.8) is 0 Å². The molecule has 0 aromatic rings. The van der Waals surface area contributed by atoms with Gasteiger partial charge in [-0.15, -0.1) is 0 Å². The first-order valence-corrected chi connectivity index (χ1v) is 4.81. The Labute approximate surface area is 81.6 Å². The average Bonchev–Trinajstić information content (AvgIpc) is 2.61. The molecule has 14 heavy (non-hydrogen) atoms. The van der Waals surface area contributed by atoms with Crippen LogP contribution in [-0.4, -0.2) is 40.8 Å². The van der Waals surface area contributed by atoms with Crippen LogP contribution in [0.1, 0.15) is 25.7 Å². The summed E-state index contributed by atoms with van der Waals surface area (Å²) in [5.41, 5.74) is -0.369. The van der Waals surface area contributed by atoms with Gasteiger partial charge in [-0.25, -0.2) is 4.79 Å². The molecule has 5 heteroatoms. The number of rotatable bonds is 2. The molecule has 0 aromatic carbocycles. The summed E-state index contributed by atoms with van der Waals surface area (Å²) in [4.78, 5) is 23.0. The summed E-state index contributed by atoms with van der Waals surface area (Å²) in [7, 11) is 0. The van der Waals surface area contributed by atoms with Gasteiger partial charge in [-0.2, -0.15) is 0 Å². The maximum absolute atomic E-state index is 11.3. The van der Waals surface area contributed by atoms with Gasteiger partial charge in [-0.1, -0.05) is 0 Å². The van der Waals surface area contributed by atoms with E-state index in [1.54, 1.807) is 0 Å². The lowest BCUT2D eigenvalue weighted by atomic mass is 10.0. The van der Waals surface area contributed by atoms with E-state index in [1.165, 1.54) is 4.90 Å². The molecule has 1 N–H and O–H groups in total. The first-order valence-electron chi connectivity index (χ1n) is 4.81. The molecular weight excluding hydrogens is 186 g/mol. The van der Waals surface area contributed by atoms with Crippen molar-refractivity contribution in [3.05, 3.63) is 0 Å². The Balaban J connectivity index is 2.02. The highest BCUT2D eigenvalue weighted by atomic mass is 16.6. The lowest BCUT2D eigenvalue weighted by Crippen LogP contribution is -2.34. The van der Waals surface area contributed by atoms with Crippen molar-refractivity contribution in [2.75, 3.05) is 13.1 Å². The predicted molar refractivity (Wildman–Crippen MR) is 46.9 cm³/mol. The van der Waals surface area contributed by atoms with E-state index in [0.29, 0.717) is 6.54 Å². The van der Waals surface area contributed by atoms with Crippen LogP contribution in [0, 0.1) is 0 Å². The fourth-order valence-corrected chi connectivity index (χ4v) is 2.26. The van der Waals surface area contributed by atoms with E-state index in [0.717, 1.165) is 25.7 Å². The molecule has 78 valence electrons. The van der Waals surface area contributed by atoms with E-state index in [4.69, 9.17) is 9.84 Å². The number of carbonyl (C=O) groups is 2. The predicted octanol–water partition coefficient (Wildman–Crippen LogP) is 0.836. The van der Waals surface area contributed by atoms with Gasteiger partial charge in [0.15, 0.2) is 0 Å². The molecule has 5 nitrogen and oxygen atoms in total. The molecule has 1 aliphatic heterocycles. The summed E-state index contributed by atoms with van der Waals surface area (Å²) in [6.45, 7) is 0.193. The highest BCUT2D eigenvalue weighted by Crippen LogP contribution is 2.38. The maximum atomic E-state index is 11.3. The number of carboxylic acids is 1. The molecule has 1 saturated heterocycles. The molecule has 0 radical (unpaired) electrons. The number of hydrogen-bond donors (Lipinski definition) is 1. The molecule has 0 bridgehead atoms. The minimum atomic E-state index is -0.989. The zero-order valence-corrected chi connectivity index (χ0v) is 7.86. The molecule has 0 aromatic heterocycles. The number of nitrogens with zero attached hydrogens (tertiary/aromatic N) is 1. The topological polar surface area (TPSA) is 66.8 Å². The van der Waals surface area contributed by atoms with Crippen molar-refractivity contribution >= 4 is 12.1 Å². The van der Waals surface area contributed by atoms with Gasteiger partial charge in [0.25, 0.3) is 0 Å². The minimum Gasteiger partial charge on any atom is -0.480 e. The van der Waals surface area contributed by atoms with Crippen molar-refractivity contribution in [1.29, 1.82) is 0 Å². The second kappa shape index (κ2) is 3.15. The summed E-state index contributed by atoms with van der Waals surface area (Å²) in [5.74, 6) is -0.989. The molecule has 1 spiro atoms. The number of carbonyl (C=O) groups excluding carboxylic acids is 1. The molecular formula is C9H13NO4.